The van der Waals surface area contributed by atoms with E-state index in [0.717, 1.165) is 18.4 Å². The van der Waals surface area contributed by atoms with E-state index in [1.165, 1.54) is 0 Å². The summed E-state index contributed by atoms with van der Waals surface area (Å²) in [6, 6.07) is 7.14. The lowest BCUT2D eigenvalue weighted by Gasteiger charge is -2.07. The van der Waals surface area contributed by atoms with Gasteiger partial charge in [-0.1, -0.05) is 26.0 Å². The summed E-state index contributed by atoms with van der Waals surface area (Å²) < 4.78 is 15.1. The maximum atomic E-state index is 11.5. The van der Waals surface area contributed by atoms with Gasteiger partial charge in [0.2, 0.25) is 0 Å². The lowest BCUT2D eigenvalue weighted by Crippen LogP contribution is -2.20. The second kappa shape index (κ2) is 9.95. The van der Waals surface area contributed by atoms with Gasteiger partial charge >= 0.3 is 11.9 Å². The Kier molecular flexibility index (Phi) is 8.22. The molecule has 0 bridgehead atoms. The number of carbonyl (C=O) groups excluding carboxylic acids is 2. The zero-order valence-electron chi connectivity index (χ0n) is 13.5. The highest BCUT2D eigenvalue weighted by molar-refractivity contribution is 5.75. The molecule has 0 saturated heterocycles. The summed E-state index contributed by atoms with van der Waals surface area (Å²) in [5, 5.41) is 0. The van der Waals surface area contributed by atoms with Crippen LogP contribution in [-0.4, -0.2) is 31.8 Å². The van der Waals surface area contributed by atoms with Crippen molar-refractivity contribution < 1.29 is 23.8 Å². The fourth-order valence-corrected chi connectivity index (χ4v) is 1.78. The van der Waals surface area contributed by atoms with Gasteiger partial charge in [0.25, 0.3) is 0 Å². The highest BCUT2D eigenvalue weighted by atomic mass is 16.6. The first-order valence-electron chi connectivity index (χ1n) is 7.48. The number of aryl methyl sites for hydroxylation is 1. The Hall–Kier alpha value is -1.88. The van der Waals surface area contributed by atoms with Crippen molar-refractivity contribution in [2.24, 2.45) is 5.92 Å². The molecular formula is C17H24O5. The van der Waals surface area contributed by atoms with E-state index in [9.17, 15) is 9.59 Å². The Morgan fingerprint density at radius 3 is 2.55 bits per heavy atom. The van der Waals surface area contributed by atoms with Gasteiger partial charge < -0.3 is 14.2 Å². The average Bonchev–Trinajstić information content (AvgIpc) is 2.43. The molecule has 0 N–H and O–H groups in total. The molecule has 0 amide bonds. The molecule has 1 aromatic carbocycles. The van der Waals surface area contributed by atoms with E-state index in [2.05, 4.69) is 13.8 Å². The molecule has 0 aromatic heterocycles. The van der Waals surface area contributed by atoms with E-state index < -0.39 is 11.9 Å². The van der Waals surface area contributed by atoms with Crippen molar-refractivity contribution in [3.63, 3.8) is 0 Å². The van der Waals surface area contributed by atoms with Gasteiger partial charge in [0.15, 0.2) is 0 Å². The fourth-order valence-electron chi connectivity index (χ4n) is 1.78. The van der Waals surface area contributed by atoms with Crippen LogP contribution in [0, 0.1) is 12.8 Å². The molecule has 0 aliphatic rings. The molecule has 5 nitrogen and oxygen atoms in total. The van der Waals surface area contributed by atoms with E-state index in [-0.39, 0.29) is 13.2 Å². The summed E-state index contributed by atoms with van der Waals surface area (Å²) in [5.41, 5.74) is 0.996. The van der Waals surface area contributed by atoms with Crippen molar-refractivity contribution in [2.45, 2.75) is 33.6 Å². The maximum Gasteiger partial charge on any atom is 0.337 e. The summed E-state index contributed by atoms with van der Waals surface area (Å²) >= 11 is 0. The first-order chi connectivity index (χ1) is 10.5. The lowest BCUT2D eigenvalue weighted by molar-refractivity contribution is -0.152. The van der Waals surface area contributed by atoms with Crippen LogP contribution in [0.1, 0.15) is 32.3 Å². The van der Waals surface area contributed by atoms with Crippen molar-refractivity contribution in [3.05, 3.63) is 29.8 Å². The largest absolute Gasteiger partial charge is 0.464 e. The Morgan fingerprint density at radius 2 is 1.86 bits per heavy atom. The summed E-state index contributed by atoms with van der Waals surface area (Å²) in [4.78, 5) is 22.9. The lowest BCUT2D eigenvalue weighted by atomic mass is 10.1. The molecule has 122 valence electrons. The third kappa shape index (κ3) is 8.42. The molecule has 5 heteroatoms. The summed E-state index contributed by atoms with van der Waals surface area (Å²) in [6.45, 7) is 5.99. The minimum atomic E-state index is -0.543. The SMILES string of the molecule is Cc1cccc(OC(=O)COCC(=O)OCCCC(C)C)c1. The average molecular weight is 308 g/mol. The van der Waals surface area contributed by atoms with Crippen molar-refractivity contribution >= 4 is 11.9 Å². The van der Waals surface area contributed by atoms with Gasteiger partial charge in [-0.2, -0.15) is 0 Å². The van der Waals surface area contributed by atoms with Gasteiger partial charge in [0, 0.05) is 0 Å². The van der Waals surface area contributed by atoms with Crippen LogP contribution < -0.4 is 4.74 Å². The number of rotatable bonds is 9. The van der Waals surface area contributed by atoms with Crippen LogP contribution in [0.15, 0.2) is 24.3 Å². The number of carbonyl (C=O) groups is 2. The second-order valence-electron chi connectivity index (χ2n) is 5.54. The Balaban J connectivity index is 2.13. The molecule has 0 fully saturated rings. The van der Waals surface area contributed by atoms with Crippen molar-refractivity contribution in [3.8, 4) is 5.75 Å². The molecular weight excluding hydrogens is 284 g/mol. The van der Waals surface area contributed by atoms with Crippen LogP contribution in [0.3, 0.4) is 0 Å². The molecule has 0 heterocycles. The van der Waals surface area contributed by atoms with E-state index >= 15 is 0 Å². The van der Waals surface area contributed by atoms with Gasteiger partial charge in [-0.15, -0.1) is 0 Å². The van der Waals surface area contributed by atoms with Gasteiger partial charge in [0.05, 0.1) is 6.61 Å². The quantitative estimate of drug-likeness (QED) is 0.399. The molecule has 0 atom stereocenters. The standard InChI is InChI=1S/C17H24O5/c1-13(2)6-5-9-21-16(18)11-20-12-17(19)22-15-8-4-7-14(3)10-15/h4,7-8,10,13H,5-6,9,11-12H2,1-3H3. The van der Waals surface area contributed by atoms with Gasteiger partial charge in [-0.05, 0) is 43.4 Å². The monoisotopic (exact) mass is 308 g/mol. The first-order valence-corrected chi connectivity index (χ1v) is 7.48. The van der Waals surface area contributed by atoms with Crippen LogP contribution in [0.25, 0.3) is 0 Å². The first kappa shape index (κ1) is 18.2. The third-order valence-electron chi connectivity index (χ3n) is 2.85. The van der Waals surface area contributed by atoms with E-state index in [1.54, 1.807) is 18.2 Å². The number of esters is 2. The minimum absolute atomic E-state index is 0.245. The van der Waals surface area contributed by atoms with Crippen LogP contribution in [-0.2, 0) is 19.1 Å². The number of ether oxygens (including phenoxy) is 3. The maximum absolute atomic E-state index is 11.5. The molecule has 1 rings (SSSR count). The molecule has 1 aromatic rings. The normalized spacial score (nSPS) is 10.5. The fraction of sp³-hybridized carbons (Fsp3) is 0.529. The smallest absolute Gasteiger partial charge is 0.337 e. The Labute approximate surface area is 131 Å². The summed E-state index contributed by atoms with van der Waals surface area (Å²) in [7, 11) is 0. The Bertz CT molecular complexity index is 482. The number of hydrogen-bond donors (Lipinski definition) is 0. The van der Waals surface area contributed by atoms with Gasteiger partial charge in [-0.3, -0.25) is 0 Å². The molecule has 22 heavy (non-hydrogen) atoms. The second-order valence-corrected chi connectivity index (χ2v) is 5.54. The zero-order chi connectivity index (χ0) is 16.4. The highest BCUT2D eigenvalue weighted by Gasteiger charge is 2.08. The van der Waals surface area contributed by atoms with Crippen LogP contribution in [0.4, 0.5) is 0 Å². The number of benzene rings is 1. The van der Waals surface area contributed by atoms with Crippen molar-refractivity contribution in [1.82, 2.24) is 0 Å². The molecule has 0 aliphatic heterocycles. The van der Waals surface area contributed by atoms with E-state index in [0.29, 0.717) is 18.3 Å². The summed E-state index contributed by atoms with van der Waals surface area (Å²) in [5.74, 6) is 0.0431. The third-order valence-corrected chi connectivity index (χ3v) is 2.85. The van der Waals surface area contributed by atoms with Crippen molar-refractivity contribution in [1.29, 1.82) is 0 Å². The minimum Gasteiger partial charge on any atom is -0.464 e. The predicted molar refractivity (Wildman–Crippen MR) is 82.7 cm³/mol. The van der Waals surface area contributed by atoms with Crippen LogP contribution in [0.5, 0.6) is 5.75 Å². The van der Waals surface area contributed by atoms with E-state index in [1.807, 2.05) is 13.0 Å². The van der Waals surface area contributed by atoms with Crippen LogP contribution >= 0.6 is 0 Å². The van der Waals surface area contributed by atoms with Crippen molar-refractivity contribution in [2.75, 3.05) is 19.8 Å². The van der Waals surface area contributed by atoms with E-state index in [4.69, 9.17) is 14.2 Å². The summed E-state index contributed by atoms with van der Waals surface area (Å²) in [6.07, 6.45) is 1.84. The highest BCUT2D eigenvalue weighted by Crippen LogP contribution is 2.12. The van der Waals surface area contributed by atoms with Gasteiger partial charge in [-0.25, -0.2) is 9.59 Å². The number of hydrogen-bond acceptors (Lipinski definition) is 5. The topological polar surface area (TPSA) is 61.8 Å². The molecule has 0 radical (unpaired) electrons. The molecule has 0 spiro atoms. The predicted octanol–water partition coefficient (Wildman–Crippen LogP) is 2.90. The zero-order valence-corrected chi connectivity index (χ0v) is 13.5. The molecule has 0 saturated carbocycles. The Morgan fingerprint density at radius 1 is 1.14 bits per heavy atom. The molecule has 0 unspecified atom stereocenters. The van der Waals surface area contributed by atoms with Crippen LogP contribution in [0.2, 0.25) is 0 Å². The van der Waals surface area contributed by atoms with Gasteiger partial charge in [0.1, 0.15) is 19.0 Å². The molecule has 0 aliphatic carbocycles.